The molecule has 6 heteroatoms. The van der Waals surface area contributed by atoms with E-state index in [4.69, 9.17) is 0 Å². The molecule has 1 fully saturated rings. The van der Waals surface area contributed by atoms with Crippen molar-refractivity contribution < 1.29 is 0 Å². The van der Waals surface area contributed by atoms with Crippen molar-refractivity contribution in [1.82, 2.24) is 30.1 Å². The first kappa shape index (κ1) is 14.1. The Bertz CT molecular complexity index is 734. The quantitative estimate of drug-likeness (QED) is 0.786. The monoisotopic (exact) mass is 308 g/mol. The summed E-state index contributed by atoms with van der Waals surface area (Å²) >= 11 is 0. The Balaban J connectivity index is 1.50. The van der Waals surface area contributed by atoms with E-state index in [0.717, 1.165) is 18.9 Å². The molecule has 0 unspecified atom stereocenters. The molecule has 0 bridgehead atoms. The zero-order chi connectivity index (χ0) is 15.5. The van der Waals surface area contributed by atoms with E-state index in [9.17, 15) is 0 Å². The van der Waals surface area contributed by atoms with Gasteiger partial charge in [-0.25, -0.2) is 4.68 Å². The molecule has 1 aliphatic heterocycles. The van der Waals surface area contributed by atoms with E-state index in [0.29, 0.717) is 12.6 Å². The molecule has 2 aromatic heterocycles. The van der Waals surface area contributed by atoms with E-state index >= 15 is 0 Å². The van der Waals surface area contributed by atoms with E-state index in [-0.39, 0.29) is 0 Å². The van der Waals surface area contributed by atoms with Crippen LogP contribution in [-0.2, 0) is 13.1 Å². The summed E-state index contributed by atoms with van der Waals surface area (Å²) in [5.74, 6) is 0.923. The van der Waals surface area contributed by atoms with Crippen molar-refractivity contribution in [2.75, 3.05) is 6.54 Å². The molecule has 3 heterocycles. The molecule has 0 radical (unpaired) electrons. The molecule has 6 nitrogen and oxygen atoms in total. The fourth-order valence-electron chi connectivity index (χ4n) is 3.32. The zero-order valence-corrected chi connectivity index (χ0v) is 13.0. The smallest absolute Gasteiger partial charge is 0.165 e. The van der Waals surface area contributed by atoms with Gasteiger partial charge in [-0.3, -0.25) is 4.90 Å². The highest BCUT2D eigenvalue weighted by molar-refractivity contribution is 5.15. The number of rotatable bonds is 5. The standard InChI is InChI=1S/C17H20N6/c1-2-6-14(7-3-1)12-23-17(19-20-21-23)13-22-11-5-9-16(22)15-8-4-10-18-15/h1-4,6-8,10,16,18H,5,9,11-13H2/t16-/m0/s1. The second-order valence-electron chi connectivity index (χ2n) is 5.99. The van der Waals surface area contributed by atoms with Gasteiger partial charge in [0.15, 0.2) is 5.82 Å². The number of aromatic nitrogens is 5. The lowest BCUT2D eigenvalue weighted by molar-refractivity contribution is 0.234. The number of tetrazole rings is 1. The maximum Gasteiger partial charge on any atom is 0.165 e. The number of aromatic amines is 1. The SMILES string of the molecule is c1ccc(Cn2nnnc2CN2CCC[C@H]2c2ccc[nH]2)cc1. The van der Waals surface area contributed by atoms with Crippen LogP contribution in [0, 0.1) is 0 Å². The van der Waals surface area contributed by atoms with Crippen molar-refractivity contribution >= 4 is 0 Å². The van der Waals surface area contributed by atoms with Gasteiger partial charge in [-0.2, -0.15) is 0 Å². The number of hydrogen-bond donors (Lipinski definition) is 1. The van der Waals surface area contributed by atoms with E-state index in [1.165, 1.54) is 24.1 Å². The minimum Gasteiger partial charge on any atom is -0.364 e. The summed E-state index contributed by atoms with van der Waals surface area (Å²) in [5.41, 5.74) is 2.49. The molecule has 0 amide bonds. The second-order valence-corrected chi connectivity index (χ2v) is 5.99. The van der Waals surface area contributed by atoms with Gasteiger partial charge in [-0.15, -0.1) is 5.10 Å². The van der Waals surface area contributed by atoms with Crippen molar-refractivity contribution in [2.45, 2.75) is 32.0 Å². The first-order chi connectivity index (χ1) is 11.4. The predicted octanol–water partition coefficient (Wildman–Crippen LogP) is 2.39. The number of H-pyrrole nitrogens is 1. The van der Waals surface area contributed by atoms with Crippen LogP contribution < -0.4 is 0 Å². The van der Waals surface area contributed by atoms with Crippen LogP contribution >= 0.6 is 0 Å². The molecule has 1 aromatic carbocycles. The number of likely N-dealkylation sites (tertiary alicyclic amines) is 1. The van der Waals surface area contributed by atoms with Crippen LogP contribution in [0.25, 0.3) is 0 Å². The lowest BCUT2D eigenvalue weighted by Crippen LogP contribution is -2.25. The molecule has 1 atom stereocenters. The molecule has 1 aliphatic rings. The fourth-order valence-corrected chi connectivity index (χ4v) is 3.32. The Morgan fingerprint density at radius 2 is 2.00 bits per heavy atom. The van der Waals surface area contributed by atoms with Crippen LogP contribution in [0.1, 0.15) is 36.0 Å². The Labute approximate surface area is 135 Å². The molecule has 4 rings (SSSR count). The Morgan fingerprint density at radius 1 is 1.09 bits per heavy atom. The van der Waals surface area contributed by atoms with Crippen LogP contribution in [-0.4, -0.2) is 36.6 Å². The van der Waals surface area contributed by atoms with Gasteiger partial charge in [0.05, 0.1) is 19.1 Å². The highest BCUT2D eigenvalue weighted by Crippen LogP contribution is 2.31. The molecule has 3 aromatic rings. The third kappa shape index (κ3) is 3.03. The van der Waals surface area contributed by atoms with Crippen molar-refractivity contribution in [1.29, 1.82) is 0 Å². The summed E-state index contributed by atoms with van der Waals surface area (Å²) in [6.45, 7) is 2.58. The van der Waals surface area contributed by atoms with Gasteiger partial charge < -0.3 is 4.98 Å². The summed E-state index contributed by atoms with van der Waals surface area (Å²) in [6.07, 6.45) is 4.38. The van der Waals surface area contributed by atoms with Crippen molar-refractivity contribution in [3.63, 3.8) is 0 Å². The maximum atomic E-state index is 4.24. The molecule has 118 valence electrons. The summed E-state index contributed by atoms with van der Waals surface area (Å²) in [6, 6.07) is 15.0. The second kappa shape index (κ2) is 6.34. The van der Waals surface area contributed by atoms with Gasteiger partial charge in [0.25, 0.3) is 0 Å². The highest BCUT2D eigenvalue weighted by atomic mass is 15.5. The lowest BCUT2D eigenvalue weighted by Gasteiger charge is -2.23. The maximum absolute atomic E-state index is 4.24. The molecule has 1 saturated heterocycles. The van der Waals surface area contributed by atoms with Gasteiger partial charge in [0, 0.05) is 11.9 Å². The molecular formula is C17H20N6. The molecule has 0 aliphatic carbocycles. The van der Waals surface area contributed by atoms with E-state index in [1.807, 2.05) is 29.1 Å². The molecule has 0 saturated carbocycles. The van der Waals surface area contributed by atoms with Crippen LogP contribution in [0.4, 0.5) is 0 Å². The first-order valence-electron chi connectivity index (χ1n) is 8.06. The Morgan fingerprint density at radius 3 is 2.83 bits per heavy atom. The van der Waals surface area contributed by atoms with Crippen molar-refractivity contribution in [3.05, 3.63) is 65.7 Å². The third-order valence-corrected chi connectivity index (χ3v) is 4.47. The van der Waals surface area contributed by atoms with E-state index in [2.05, 4.69) is 49.7 Å². The third-order valence-electron chi connectivity index (χ3n) is 4.47. The average Bonchev–Trinajstić information content (AvgIpc) is 3.31. The Hall–Kier alpha value is -2.47. The largest absolute Gasteiger partial charge is 0.364 e. The topological polar surface area (TPSA) is 62.6 Å². The normalized spacial score (nSPS) is 18.5. The molecular weight excluding hydrogens is 288 g/mol. The Kier molecular flexibility index (Phi) is 3.90. The van der Waals surface area contributed by atoms with E-state index < -0.39 is 0 Å². The van der Waals surface area contributed by atoms with Gasteiger partial charge in [-0.1, -0.05) is 30.3 Å². The summed E-state index contributed by atoms with van der Waals surface area (Å²) in [5, 5.41) is 12.3. The number of nitrogens with one attached hydrogen (secondary N) is 1. The van der Waals surface area contributed by atoms with Crippen LogP contribution in [0.15, 0.2) is 48.7 Å². The number of hydrogen-bond acceptors (Lipinski definition) is 4. The van der Waals surface area contributed by atoms with Crippen molar-refractivity contribution in [3.8, 4) is 0 Å². The molecule has 1 N–H and O–H groups in total. The van der Waals surface area contributed by atoms with Crippen LogP contribution in [0.3, 0.4) is 0 Å². The first-order valence-corrected chi connectivity index (χ1v) is 8.06. The van der Waals surface area contributed by atoms with Crippen molar-refractivity contribution in [2.24, 2.45) is 0 Å². The molecule has 0 spiro atoms. The van der Waals surface area contributed by atoms with Crippen LogP contribution in [0.5, 0.6) is 0 Å². The van der Waals surface area contributed by atoms with Gasteiger partial charge in [0.2, 0.25) is 0 Å². The van der Waals surface area contributed by atoms with Gasteiger partial charge in [-0.05, 0) is 47.5 Å². The predicted molar refractivity (Wildman–Crippen MR) is 86.5 cm³/mol. The average molecular weight is 308 g/mol. The van der Waals surface area contributed by atoms with Crippen LogP contribution in [0.2, 0.25) is 0 Å². The minimum absolute atomic E-state index is 0.437. The molecule has 23 heavy (non-hydrogen) atoms. The lowest BCUT2D eigenvalue weighted by atomic mass is 10.1. The highest BCUT2D eigenvalue weighted by Gasteiger charge is 2.28. The van der Waals surface area contributed by atoms with E-state index in [1.54, 1.807) is 0 Å². The number of nitrogens with zero attached hydrogens (tertiary/aromatic N) is 5. The summed E-state index contributed by atoms with van der Waals surface area (Å²) in [4.78, 5) is 5.80. The fraction of sp³-hybridized carbons (Fsp3) is 0.353. The summed E-state index contributed by atoms with van der Waals surface area (Å²) < 4.78 is 1.90. The van der Waals surface area contributed by atoms with Gasteiger partial charge in [0.1, 0.15) is 0 Å². The number of benzene rings is 1. The van der Waals surface area contributed by atoms with Gasteiger partial charge >= 0.3 is 0 Å². The minimum atomic E-state index is 0.437. The zero-order valence-electron chi connectivity index (χ0n) is 13.0. The summed E-state index contributed by atoms with van der Waals surface area (Å²) in [7, 11) is 0.